The molecule has 0 aliphatic heterocycles. The molecule has 0 spiro atoms. The quantitative estimate of drug-likeness (QED) is 0.826. The maximum atomic E-state index is 13.1. The van der Waals surface area contributed by atoms with Crippen LogP contribution in [0.3, 0.4) is 0 Å². The largest absolute Gasteiger partial charge is 0.312 e. The van der Waals surface area contributed by atoms with Crippen LogP contribution in [0.4, 0.5) is 4.39 Å². The highest BCUT2D eigenvalue weighted by atomic mass is 19.1. The van der Waals surface area contributed by atoms with Crippen LogP contribution in [0.2, 0.25) is 0 Å². The van der Waals surface area contributed by atoms with Gasteiger partial charge in [0, 0.05) is 6.54 Å². The van der Waals surface area contributed by atoms with Gasteiger partial charge in [-0.15, -0.1) is 0 Å². The Labute approximate surface area is 107 Å². The van der Waals surface area contributed by atoms with E-state index >= 15 is 0 Å². The van der Waals surface area contributed by atoms with Crippen molar-refractivity contribution in [2.75, 3.05) is 6.54 Å². The number of nitriles is 1. The molecule has 1 aromatic carbocycles. The summed E-state index contributed by atoms with van der Waals surface area (Å²) in [5, 5.41) is 12.1. The van der Waals surface area contributed by atoms with Crippen LogP contribution in [0.1, 0.15) is 30.4 Å². The van der Waals surface area contributed by atoms with Crippen molar-refractivity contribution in [1.29, 1.82) is 5.26 Å². The summed E-state index contributed by atoms with van der Waals surface area (Å²) in [4.78, 5) is 0. The molecule has 94 valence electrons. The normalized spacial score (nSPS) is 18.6. The first-order valence-corrected chi connectivity index (χ1v) is 6.34. The smallest absolute Gasteiger partial charge is 0.140 e. The molecule has 1 atom stereocenters. The minimum Gasteiger partial charge on any atom is -0.312 e. The Kier molecular flexibility index (Phi) is 4.49. The molecule has 2 nitrogen and oxygen atoms in total. The van der Waals surface area contributed by atoms with Crippen molar-refractivity contribution in [3.05, 3.63) is 47.3 Å². The van der Waals surface area contributed by atoms with E-state index in [9.17, 15) is 4.39 Å². The lowest BCUT2D eigenvalue weighted by Crippen LogP contribution is -2.23. The highest BCUT2D eigenvalue weighted by Gasteiger charge is 2.09. The lowest BCUT2D eigenvalue weighted by molar-refractivity contribution is 0.440. The summed E-state index contributed by atoms with van der Waals surface area (Å²) in [6.07, 6.45) is 8.01. The first-order chi connectivity index (χ1) is 8.79. The fraction of sp³-hybridized carbons (Fsp3) is 0.400. The SMILES string of the molecule is N#Cc1cc(CNCC2CC=CCC2)ccc1F. The third kappa shape index (κ3) is 3.41. The summed E-state index contributed by atoms with van der Waals surface area (Å²) in [6.45, 7) is 1.67. The molecule has 3 heteroatoms. The van der Waals surface area contributed by atoms with Crippen LogP contribution >= 0.6 is 0 Å². The predicted octanol–water partition coefficient (Wildman–Crippen LogP) is 3.14. The molecule has 0 bridgehead atoms. The minimum atomic E-state index is -0.446. The Hall–Kier alpha value is -1.66. The Bertz CT molecular complexity index is 474. The molecule has 1 aliphatic rings. The number of rotatable bonds is 4. The van der Waals surface area contributed by atoms with Crippen LogP contribution in [0, 0.1) is 23.1 Å². The molecule has 1 N–H and O–H groups in total. The van der Waals surface area contributed by atoms with E-state index in [-0.39, 0.29) is 5.56 Å². The summed E-state index contributed by atoms with van der Waals surface area (Å²) in [5.74, 6) is 0.254. The van der Waals surface area contributed by atoms with Gasteiger partial charge < -0.3 is 5.32 Å². The summed E-state index contributed by atoms with van der Waals surface area (Å²) in [6, 6.07) is 6.56. The zero-order chi connectivity index (χ0) is 12.8. The van der Waals surface area contributed by atoms with Gasteiger partial charge in [-0.3, -0.25) is 0 Å². The molecule has 0 radical (unpaired) electrons. The Morgan fingerprint density at radius 3 is 3.00 bits per heavy atom. The predicted molar refractivity (Wildman–Crippen MR) is 69.3 cm³/mol. The molecule has 0 saturated heterocycles. The second-order valence-corrected chi connectivity index (χ2v) is 4.71. The van der Waals surface area contributed by atoms with E-state index in [1.54, 1.807) is 12.1 Å². The Morgan fingerprint density at radius 2 is 2.28 bits per heavy atom. The molecule has 18 heavy (non-hydrogen) atoms. The van der Waals surface area contributed by atoms with Gasteiger partial charge in [0.15, 0.2) is 0 Å². The highest BCUT2D eigenvalue weighted by Crippen LogP contribution is 2.17. The van der Waals surface area contributed by atoms with Gasteiger partial charge in [0.05, 0.1) is 5.56 Å². The maximum absolute atomic E-state index is 13.1. The summed E-state index contributed by atoms with van der Waals surface area (Å²) < 4.78 is 13.1. The Morgan fingerprint density at radius 1 is 1.39 bits per heavy atom. The first kappa shape index (κ1) is 12.8. The van der Waals surface area contributed by atoms with Crippen molar-refractivity contribution in [3.63, 3.8) is 0 Å². The molecule has 0 amide bonds. The zero-order valence-corrected chi connectivity index (χ0v) is 10.3. The van der Waals surface area contributed by atoms with E-state index in [0.717, 1.165) is 18.5 Å². The van der Waals surface area contributed by atoms with Crippen molar-refractivity contribution in [3.8, 4) is 6.07 Å². The number of benzene rings is 1. The summed E-state index contributed by atoms with van der Waals surface area (Å²) in [5.41, 5.74) is 1.08. The third-order valence-electron chi connectivity index (χ3n) is 3.29. The van der Waals surface area contributed by atoms with Crippen molar-refractivity contribution in [1.82, 2.24) is 5.32 Å². The van der Waals surface area contributed by atoms with Crippen molar-refractivity contribution in [2.45, 2.75) is 25.8 Å². The van der Waals surface area contributed by atoms with Gasteiger partial charge in [0.2, 0.25) is 0 Å². The van der Waals surface area contributed by atoms with E-state index in [4.69, 9.17) is 5.26 Å². The second kappa shape index (κ2) is 6.32. The average molecular weight is 244 g/mol. The molecule has 1 unspecified atom stereocenters. The van der Waals surface area contributed by atoms with Crippen molar-refractivity contribution in [2.24, 2.45) is 5.92 Å². The van der Waals surface area contributed by atoms with E-state index in [1.165, 1.54) is 18.9 Å². The lowest BCUT2D eigenvalue weighted by Gasteiger charge is -2.18. The number of nitrogens with one attached hydrogen (secondary N) is 1. The van der Waals surface area contributed by atoms with Gasteiger partial charge in [-0.25, -0.2) is 4.39 Å². The van der Waals surface area contributed by atoms with Gasteiger partial charge in [-0.2, -0.15) is 5.26 Å². The summed E-state index contributed by atoms with van der Waals surface area (Å²) in [7, 11) is 0. The van der Waals surface area contributed by atoms with Crippen molar-refractivity contribution >= 4 is 0 Å². The van der Waals surface area contributed by atoms with Gasteiger partial charge in [0.1, 0.15) is 11.9 Å². The van der Waals surface area contributed by atoms with Crippen LogP contribution in [0.15, 0.2) is 30.4 Å². The lowest BCUT2D eigenvalue weighted by atomic mass is 9.94. The fourth-order valence-electron chi connectivity index (χ4n) is 2.23. The minimum absolute atomic E-state index is 0.120. The van der Waals surface area contributed by atoms with Crippen molar-refractivity contribution < 1.29 is 4.39 Å². The number of hydrogen-bond acceptors (Lipinski definition) is 2. The Balaban J connectivity index is 1.83. The molecule has 0 fully saturated rings. The van der Waals surface area contributed by atoms with E-state index in [2.05, 4.69) is 17.5 Å². The molecule has 0 saturated carbocycles. The number of hydrogen-bond donors (Lipinski definition) is 1. The molecular weight excluding hydrogens is 227 g/mol. The zero-order valence-electron chi connectivity index (χ0n) is 10.3. The van der Waals surface area contributed by atoms with Gasteiger partial charge >= 0.3 is 0 Å². The summed E-state index contributed by atoms with van der Waals surface area (Å²) >= 11 is 0. The monoisotopic (exact) mass is 244 g/mol. The van der Waals surface area contributed by atoms with Crippen LogP contribution in [0.25, 0.3) is 0 Å². The van der Waals surface area contributed by atoms with Gasteiger partial charge in [-0.05, 0) is 49.4 Å². The maximum Gasteiger partial charge on any atom is 0.140 e. The van der Waals surface area contributed by atoms with Crippen LogP contribution in [0.5, 0.6) is 0 Å². The molecule has 0 aromatic heterocycles. The first-order valence-electron chi connectivity index (χ1n) is 6.34. The van der Waals surface area contributed by atoms with Crippen LogP contribution < -0.4 is 5.32 Å². The third-order valence-corrected chi connectivity index (χ3v) is 3.29. The topological polar surface area (TPSA) is 35.8 Å². The molecule has 2 rings (SSSR count). The molecule has 1 aromatic rings. The molecule has 0 heterocycles. The van der Waals surface area contributed by atoms with Gasteiger partial charge in [-0.1, -0.05) is 18.2 Å². The van der Waals surface area contributed by atoms with E-state index in [0.29, 0.717) is 12.5 Å². The second-order valence-electron chi connectivity index (χ2n) is 4.71. The number of nitrogens with zero attached hydrogens (tertiary/aromatic N) is 1. The fourth-order valence-corrected chi connectivity index (χ4v) is 2.23. The molecular formula is C15H17FN2. The van der Waals surface area contributed by atoms with E-state index < -0.39 is 5.82 Å². The number of allylic oxidation sites excluding steroid dienone is 2. The molecule has 1 aliphatic carbocycles. The van der Waals surface area contributed by atoms with E-state index in [1.807, 2.05) is 6.07 Å². The number of halogens is 1. The van der Waals surface area contributed by atoms with Gasteiger partial charge in [0.25, 0.3) is 0 Å². The highest BCUT2D eigenvalue weighted by molar-refractivity contribution is 5.34. The average Bonchev–Trinajstić information content (AvgIpc) is 2.42. The van der Waals surface area contributed by atoms with Crippen LogP contribution in [-0.2, 0) is 6.54 Å². The standard InChI is InChI=1S/C15H17FN2/c16-15-7-6-13(8-14(15)9-17)11-18-10-12-4-2-1-3-5-12/h1-2,6-8,12,18H,3-5,10-11H2. The van der Waals surface area contributed by atoms with Crippen LogP contribution in [-0.4, -0.2) is 6.54 Å².